The summed E-state index contributed by atoms with van der Waals surface area (Å²) in [6.45, 7) is 9.14. The van der Waals surface area contributed by atoms with Crippen LogP contribution < -0.4 is 34.7 Å². The number of unbranched alkanes of at least 4 members (excludes halogenated alkanes) is 10. The molecule has 0 N–H and O–H groups in total. The second-order valence-corrected chi connectivity index (χ2v) is 7.68. The van der Waals surface area contributed by atoms with Crippen molar-refractivity contribution in [2.45, 2.75) is 123 Å². The number of hydrogen-bond donors (Lipinski definition) is 0. The molecule has 0 saturated carbocycles. The van der Waals surface area contributed by atoms with Crippen molar-refractivity contribution in [2.24, 2.45) is 0 Å². The Morgan fingerprint density at radius 2 is 1.19 bits per heavy atom. The first-order valence-electron chi connectivity index (χ1n) is 11.1. The van der Waals surface area contributed by atoms with Crippen molar-refractivity contribution >= 4 is 5.97 Å². The zero-order chi connectivity index (χ0) is 18.8. The molecule has 150 valence electrons. The Balaban J connectivity index is 0. The van der Waals surface area contributed by atoms with Gasteiger partial charge in [0, 0.05) is 12.0 Å². The molecule has 0 aromatic carbocycles. The van der Waals surface area contributed by atoms with Gasteiger partial charge in [-0.3, -0.25) is 0 Å². The van der Waals surface area contributed by atoms with Crippen molar-refractivity contribution in [1.82, 2.24) is 4.90 Å². The number of carboxylic acids is 1. The second-order valence-electron chi connectivity index (χ2n) is 7.68. The molecule has 0 bridgehead atoms. The third kappa shape index (κ3) is 19.2. The summed E-state index contributed by atoms with van der Waals surface area (Å²) in [6, 6.07) is 0.491. The molecule has 0 aliphatic rings. The maximum Gasteiger partial charge on any atom is 1.00 e. The van der Waals surface area contributed by atoms with Crippen LogP contribution in [0, 0.1) is 0 Å². The summed E-state index contributed by atoms with van der Waals surface area (Å²) in [5.41, 5.74) is 0. The first kappa shape index (κ1) is 28.6. The van der Waals surface area contributed by atoms with Crippen molar-refractivity contribution in [3.63, 3.8) is 0 Å². The van der Waals surface area contributed by atoms with E-state index in [1.807, 2.05) is 0 Å². The Labute approximate surface area is 186 Å². The number of aliphatic carboxylic acids is 1. The zero-order valence-corrected chi connectivity index (χ0v) is 20.4. The summed E-state index contributed by atoms with van der Waals surface area (Å²) >= 11 is 0. The van der Waals surface area contributed by atoms with Crippen LogP contribution in [0.4, 0.5) is 0 Å². The van der Waals surface area contributed by atoms with E-state index in [9.17, 15) is 9.90 Å². The molecule has 0 aromatic rings. The van der Waals surface area contributed by atoms with Gasteiger partial charge in [-0.1, -0.05) is 78.1 Å². The maximum absolute atomic E-state index is 10.6. The molecule has 0 aromatic heterocycles. The summed E-state index contributed by atoms with van der Waals surface area (Å²) in [5.74, 6) is -0.911. The van der Waals surface area contributed by atoms with Crippen LogP contribution in [-0.2, 0) is 4.79 Å². The molecule has 0 saturated heterocycles. The van der Waals surface area contributed by atoms with E-state index >= 15 is 0 Å². The molecule has 3 nitrogen and oxygen atoms in total. The summed E-state index contributed by atoms with van der Waals surface area (Å²) in [6.07, 6.45) is 17.9. The van der Waals surface area contributed by atoms with Crippen LogP contribution >= 0.6 is 0 Å². The normalized spacial score (nSPS) is 12.2. The fraction of sp³-hybridized carbons (Fsp3) is 0.955. The van der Waals surface area contributed by atoms with Gasteiger partial charge >= 0.3 is 29.6 Å². The van der Waals surface area contributed by atoms with Crippen LogP contribution in [0.3, 0.4) is 0 Å². The SMILES string of the molecule is CCCCCCCCN(CCCCCCCC)C(C)CCCC(=O)[O-].[Na+]. The first-order valence-corrected chi connectivity index (χ1v) is 11.1. The topological polar surface area (TPSA) is 43.4 Å². The van der Waals surface area contributed by atoms with Gasteiger partial charge in [-0.25, -0.2) is 0 Å². The quantitative estimate of drug-likeness (QED) is 0.256. The first-order chi connectivity index (χ1) is 12.1. The van der Waals surface area contributed by atoms with Gasteiger partial charge in [-0.2, -0.15) is 0 Å². The standard InChI is InChI=1S/C22H45NO2.Na/c1-4-6-8-10-12-14-19-23(20-15-13-11-9-7-5-2)21(3)17-16-18-22(24)25;/h21H,4-20H2,1-3H3,(H,24,25);/q;+1/p-1. The average Bonchev–Trinajstić information content (AvgIpc) is 2.58. The van der Waals surface area contributed by atoms with Crippen molar-refractivity contribution in [1.29, 1.82) is 0 Å². The maximum atomic E-state index is 10.6. The Morgan fingerprint density at radius 3 is 1.62 bits per heavy atom. The van der Waals surface area contributed by atoms with Crippen LogP contribution in [0.1, 0.15) is 117 Å². The van der Waals surface area contributed by atoms with Crippen molar-refractivity contribution in [3.05, 3.63) is 0 Å². The monoisotopic (exact) mass is 377 g/mol. The van der Waals surface area contributed by atoms with Crippen LogP contribution in [0.5, 0.6) is 0 Å². The predicted octanol–water partition coefficient (Wildman–Crippen LogP) is 2.32. The van der Waals surface area contributed by atoms with Crippen molar-refractivity contribution in [2.75, 3.05) is 13.1 Å². The summed E-state index contributed by atoms with van der Waals surface area (Å²) in [5, 5.41) is 10.6. The van der Waals surface area contributed by atoms with E-state index in [0.29, 0.717) is 6.04 Å². The Morgan fingerprint density at radius 1 is 0.769 bits per heavy atom. The molecule has 1 atom stereocenters. The number of nitrogens with zero attached hydrogens (tertiary/aromatic N) is 1. The minimum atomic E-state index is -0.911. The number of rotatable bonds is 19. The van der Waals surface area contributed by atoms with Crippen molar-refractivity contribution in [3.8, 4) is 0 Å². The van der Waals surface area contributed by atoms with E-state index in [1.54, 1.807) is 0 Å². The molecule has 0 aliphatic heterocycles. The molecule has 0 aliphatic carbocycles. The number of carbonyl (C=O) groups excluding carboxylic acids is 1. The summed E-state index contributed by atoms with van der Waals surface area (Å²) in [4.78, 5) is 13.2. The van der Waals surface area contributed by atoms with E-state index in [2.05, 4.69) is 25.7 Å². The summed E-state index contributed by atoms with van der Waals surface area (Å²) in [7, 11) is 0. The molecule has 0 fully saturated rings. The molecule has 0 radical (unpaired) electrons. The average molecular weight is 378 g/mol. The fourth-order valence-corrected chi connectivity index (χ4v) is 3.47. The van der Waals surface area contributed by atoms with Gasteiger partial charge < -0.3 is 14.8 Å². The van der Waals surface area contributed by atoms with Gasteiger partial charge in [0.25, 0.3) is 0 Å². The second kappa shape index (κ2) is 21.7. The Bertz CT molecular complexity index is 284. The van der Waals surface area contributed by atoms with E-state index in [1.165, 1.54) is 90.1 Å². The number of carboxylic acid groups (broad SMARTS) is 1. The third-order valence-electron chi connectivity index (χ3n) is 5.22. The van der Waals surface area contributed by atoms with E-state index in [0.717, 1.165) is 12.8 Å². The van der Waals surface area contributed by atoms with E-state index < -0.39 is 5.97 Å². The van der Waals surface area contributed by atoms with Crippen LogP contribution in [0.25, 0.3) is 0 Å². The van der Waals surface area contributed by atoms with Crippen LogP contribution in [0.15, 0.2) is 0 Å². The summed E-state index contributed by atoms with van der Waals surface area (Å²) < 4.78 is 0. The Kier molecular flexibility index (Phi) is 23.9. The van der Waals surface area contributed by atoms with Gasteiger partial charge in [-0.05, 0) is 52.1 Å². The van der Waals surface area contributed by atoms with Gasteiger partial charge in [0.2, 0.25) is 0 Å². The fourth-order valence-electron chi connectivity index (χ4n) is 3.47. The van der Waals surface area contributed by atoms with E-state index in [4.69, 9.17) is 0 Å². The van der Waals surface area contributed by atoms with Crippen LogP contribution in [0.2, 0.25) is 0 Å². The molecule has 0 heterocycles. The van der Waals surface area contributed by atoms with E-state index in [-0.39, 0.29) is 36.0 Å². The number of carbonyl (C=O) groups is 1. The molecule has 0 amide bonds. The van der Waals surface area contributed by atoms with Gasteiger partial charge in [0.05, 0.1) is 0 Å². The van der Waals surface area contributed by atoms with Gasteiger partial charge in [0.1, 0.15) is 0 Å². The minimum absolute atomic E-state index is 0. The largest absolute Gasteiger partial charge is 1.00 e. The van der Waals surface area contributed by atoms with Gasteiger partial charge in [0.15, 0.2) is 0 Å². The van der Waals surface area contributed by atoms with Crippen LogP contribution in [-0.4, -0.2) is 30.0 Å². The van der Waals surface area contributed by atoms with Gasteiger partial charge in [-0.15, -0.1) is 0 Å². The molecular formula is C22H44NNaO2. The molecule has 0 spiro atoms. The number of hydrogen-bond acceptors (Lipinski definition) is 3. The smallest absolute Gasteiger partial charge is 0.550 e. The van der Waals surface area contributed by atoms with Crippen molar-refractivity contribution < 1.29 is 39.5 Å². The minimum Gasteiger partial charge on any atom is -0.550 e. The third-order valence-corrected chi connectivity index (χ3v) is 5.22. The Hall–Kier alpha value is 0.430. The molecule has 1 unspecified atom stereocenters. The molecule has 4 heteroatoms. The molecule has 0 rings (SSSR count). The molecule has 26 heavy (non-hydrogen) atoms. The molecular weight excluding hydrogens is 333 g/mol. The zero-order valence-electron chi connectivity index (χ0n) is 18.4. The predicted molar refractivity (Wildman–Crippen MR) is 107 cm³/mol.